The normalized spacial score (nSPS) is 18.2. The zero-order chi connectivity index (χ0) is 11.8. The molecule has 0 unspecified atom stereocenters. The molecule has 0 spiro atoms. The molecule has 0 bridgehead atoms. The van der Waals surface area contributed by atoms with Crippen molar-refractivity contribution in [1.82, 2.24) is 9.78 Å². The van der Waals surface area contributed by atoms with Crippen molar-refractivity contribution >= 4 is 0 Å². The van der Waals surface area contributed by atoms with Crippen LogP contribution in [0, 0.1) is 0 Å². The topological polar surface area (TPSA) is 43.8 Å². The maximum atomic E-state index is 5.82. The molecule has 0 aliphatic heterocycles. The molecule has 1 aliphatic carbocycles. The van der Waals surface area contributed by atoms with Gasteiger partial charge in [-0.3, -0.25) is 4.68 Å². The Hall–Kier alpha value is -0.830. The molecule has 16 heavy (non-hydrogen) atoms. The Balaban J connectivity index is 2.42. The minimum absolute atomic E-state index is 0.0609. The average molecular weight is 221 g/mol. The van der Waals surface area contributed by atoms with Crippen LogP contribution >= 0.6 is 0 Å². The zero-order valence-corrected chi connectivity index (χ0v) is 10.7. The summed E-state index contributed by atoms with van der Waals surface area (Å²) in [5.74, 6) is 0.681. The number of nitrogens with zero attached hydrogens (tertiary/aromatic N) is 2. The van der Waals surface area contributed by atoms with Crippen molar-refractivity contribution in [3.05, 3.63) is 17.5 Å². The second-order valence-corrected chi connectivity index (χ2v) is 5.82. The predicted molar refractivity (Wildman–Crippen MR) is 66.3 cm³/mol. The van der Waals surface area contributed by atoms with Gasteiger partial charge in [-0.2, -0.15) is 5.10 Å². The van der Waals surface area contributed by atoms with E-state index in [-0.39, 0.29) is 5.54 Å². The first-order chi connectivity index (χ1) is 7.54. The molecule has 1 heterocycles. The van der Waals surface area contributed by atoms with Crippen molar-refractivity contribution in [2.24, 2.45) is 5.73 Å². The molecular formula is C13H23N3. The van der Waals surface area contributed by atoms with Crippen LogP contribution in [0.3, 0.4) is 0 Å². The van der Waals surface area contributed by atoms with Crippen LogP contribution in [0.1, 0.15) is 63.6 Å². The van der Waals surface area contributed by atoms with E-state index in [1.807, 2.05) is 6.20 Å². The maximum Gasteiger partial charge on any atom is 0.0546 e. The lowest BCUT2D eigenvalue weighted by Gasteiger charge is -2.25. The summed E-state index contributed by atoms with van der Waals surface area (Å²) in [5, 5.41) is 4.54. The molecule has 2 N–H and O–H groups in total. The molecule has 0 aromatic carbocycles. The smallest absolute Gasteiger partial charge is 0.0546 e. The highest BCUT2D eigenvalue weighted by atomic mass is 15.3. The number of aromatic nitrogens is 2. The van der Waals surface area contributed by atoms with Gasteiger partial charge in [-0.05, 0) is 33.6 Å². The standard InChI is InChI=1S/C13H23N3/c1-13(2,3)16-12(10-6-4-5-7-10)11(8-14)9-15-16/h9-10H,4-8,14H2,1-3H3. The Kier molecular flexibility index (Phi) is 3.06. The molecule has 90 valence electrons. The average Bonchev–Trinajstić information content (AvgIpc) is 2.84. The van der Waals surface area contributed by atoms with Gasteiger partial charge in [-0.15, -0.1) is 0 Å². The summed E-state index contributed by atoms with van der Waals surface area (Å²) in [6.45, 7) is 7.23. The minimum Gasteiger partial charge on any atom is -0.326 e. The van der Waals surface area contributed by atoms with Gasteiger partial charge in [0.1, 0.15) is 0 Å². The second-order valence-electron chi connectivity index (χ2n) is 5.82. The first-order valence-electron chi connectivity index (χ1n) is 6.31. The Labute approximate surface area is 98.0 Å². The van der Waals surface area contributed by atoms with Crippen LogP contribution in [-0.4, -0.2) is 9.78 Å². The molecule has 3 heteroatoms. The van der Waals surface area contributed by atoms with E-state index >= 15 is 0 Å². The monoisotopic (exact) mass is 221 g/mol. The summed E-state index contributed by atoms with van der Waals surface area (Å²) in [4.78, 5) is 0. The van der Waals surface area contributed by atoms with E-state index in [1.54, 1.807) is 0 Å². The van der Waals surface area contributed by atoms with Crippen molar-refractivity contribution in [1.29, 1.82) is 0 Å². The van der Waals surface area contributed by atoms with Crippen LogP contribution in [0.2, 0.25) is 0 Å². The summed E-state index contributed by atoms with van der Waals surface area (Å²) in [6, 6.07) is 0. The molecule has 1 fully saturated rings. The van der Waals surface area contributed by atoms with Gasteiger partial charge in [0.2, 0.25) is 0 Å². The Bertz CT molecular complexity index is 354. The predicted octanol–water partition coefficient (Wildman–Crippen LogP) is 2.75. The number of hydrogen-bond acceptors (Lipinski definition) is 2. The molecule has 2 rings (SSSR count). The maximum absolute atomic E-state index is 5.82. The van der Waals surface area contributed by atoms with Crippen LogP contribution in [0.15, 0.2) is 6.20 Å². The lowest BCUT2D eigenvalue weighted by Crippen LogP contribution is -2.26. The highest BCUT2D eigenvalue weighted by Gasteiger charge is 2.27. The van der Waals surface area contributed by atoms with Crippen molar-refractivity contribution in [2.45, 2.75) is 64.5 Å². The summed E-state index contributed by atoms with van der Waals surface area (Å²) < 4.78 is 2.19. The fourth-order valence-corrected chi connectivity index (χ4v) is 2.72. The Morgan fingerprint density at radius 1 is 1.38 bits per heavy atom. The lowest BCUT2D eigenvalue weighted by molar-refractivity contribution is 0.334. The molecular weight excluding hydrogens is 198 g/mol. The van der Waals surface area contributed by atoms with Gasteiger partial charge in [-0.25, -0.2) is 0 Å². The zero-order valence-electron chi connectivity index (χ0n) is 10.7. The fourth-order valence-electron chi connectivity index (χ4n) is 2.72. The van der Waals surface area contributed by atoms with E-state index in [4.69, 9.17) is 5.73 Å². The molecule has 3 nitrogen and oxygen atoms in total. The van der Waals surface area contributed by atoms with Gasteiger partial charge in [0.15, 0.2) is 0 Å². The van der Waals surface area contributed by atoms with Crippen molar-refractivity contribution in [2.75, 3.05) is 0 Å². The van der Waals surface area contributed by atoms with Crippen molar-refractivity contribution < 1.29 is 0 Å². The third-order valence-corrected chi connectivity index (χ3v) is 3.48. The van der Waals surface area contributed by atoms with E-state index in [0.717, 1.165) is 0 Å². The summed E-state index contributed by atoms with van der Waals surface area (Å²) in [6.07, 6.45) is 7.26. The Morgan fingerprint density at radius 3 is 2.50 bits per heavy atom. The van der Waals surface area contributed by atoms with Gasteiger partial charge in [0.25, 0.3) is 0 Å². The molecule has 0 atom stereocenters. The first kappa shape index (κ1) is 11.6. The SMILES string of the molecule is CC(C)(C)n1ncc(CN)c1C1CCCC1. The summed E-state index contributed by atoms with van der Waals surface area (Å²) in [7, 11) is 0. The molecule has 0 saturated heterocycles. The Morgan fingerprint density at radius 2 is 2.00 bits per heavy atom. The number of nitrogens with two attached hydrogens (primary N) is 1. The highest BCUT2D eigenvalue weighted by Crippen LogP contribution is 2.37. The molecule has 0 amide bonds. The molecule has 1 saturated carbocycles. The van der Waals surface area contributed by atoms with Gasteiger partial charge in [-0.1, -0.05) is 12.8 Å². The van der Waals surface area contributed by atoms with E-state index in [1.165, 1.54) is 36.9 Å². The molecule has 1 aliphatic rings. The van der Waals surface area contributed by atoms with Gasteiger partial charge in [0.05, 0.1) is 11.7 Å². The van der Waals surface area contributed by atoms with Crippen LogP contribution < -0.4 is 5.73 Å². The van der Waals surface area contributed by atoms with Crippen LogP contribution in [0.4, 0.5) is 0 Å². The summed E-state index contributed by atoms with van der Waals surface area (Å²) >= 11 is 0. The molecule has 1 aromatic heterocycles. The number of hydrogen-bond donors (Lipinski definition) is 1. The van der Waals surface area contributed by atoms with Gasteiger partial charge in [0, 0.05) is 23.7 Å². The van der Waals surface area contributed by atoms with Crippen LogP contribution in [0.5, 0.6) is 0 Å². The van der Waals surface area contributed by atoms with Crippen molar-refractivity contribution in [3.63, 3.8) is 0 Å². The quantitative estimate of drug-likeness (QED) is 0.834. The van der Waals surface area contributed by atoms with E-state index in [9.17, 15) is 0 Å². The fraction of sp³-hybridized carbons (Fsp3) is 0.769. The van der Waals surface area contributed by atoms with E-state index in [0.29, 0.717) is 12.5 Å². The second kappa shape index (κ2) is 4.21. The molecule has 0 radical (unpaired) electrons. The van der Waals surface area contributed by atoms with Crippen LogP contribution in [-0.2, 0) is 12.1 Å². The highest BCUT2D eigenvalue weighted by molar-refractivity contribution is 5.23. The minimum atomic E-state index is 0.0609. The van der Waals surface area contributed by atoms with E-state index < -0.39 is 0 Å². The third-order valence-electron chi connectivity index (χ3n) is 3.48. The van der Waals surface area contributed by atoms with E-state index in [2.05, 4.69) is 30.6 Å². The lowest BCUT2D eigenvalue weighted by atomic mass is 9.98. The third kappa shape index (κ3) is 2.01. The largest absolute Gasteiger partial charge is 0.326 e. The number of rotatable bonds is 2. The van der Waals surface area contributed by atoms with Gasteiger partial charge >= 0.3 is 0 Å². The molecule has 1 aromatic rings. The first-order valence-corrected chi connectivity index (χ1v) is 6.31. The van der Waals surface area contributed by atoms with Gasteiger partial charge < -0.3 is 5.73 Å². The summed E-state index contributed by atoms with van der Waals surface area (Å²) in [5.41, 5.74) is 8.52. The van der Waals surface area contributed by atoms with Crippen LogP contribution in [0.25, 0.3) is 0 Å². The van der Waals surface area contributed by atoms with Crippen molar-refractivity contribution in [3.8, 4) is 0 Å².